The summed E-state index contributed by atoms with van der Waals surface area (Å²) in [5.41, 5.74) is 3.71. The molecule has 0 aliphatic rings. The fourth-order valence-electron chi connectivity index (χ4n) is 3.80. The summed E-state index contributed by atoms with van der Waals surface area (Å²) in [6.45, 7) is 2.31. The standard InChI is InChI=1S/C29H35N3O5/c1-2-3-4-5-6-17-37-25-14-12-22(13-15-25)24-18-30-28(31-19-24)23-10-7-21(8-11-23)9-16-27(34)32-26(20-33)29(35)36/h7-8,10-15,18-19,26,33H,2-6,9,16-17,20H2,1H3,(H,32,34)(H,35,36)/t26-/m0/s1. The minimum absolute atomic E-state index is 0.122. The summed E-state index contributed by atoms with van der Waals surface area (Å²) < 4.78 is 5.84. The van der Waals surface area contributed by atoms with Gasteiger partial charge in [-0.2, -0.15) is 0 Å². The van der Waals surface area contributed by atoms with E-state index in [1.165, 1.54) is 25.7 Å². The molecule has 1 amide bonds. The molecular formula is C29H35N3O5. The molecular weight excluding hydrogens is 470 g/mol. The number of carbonyl (C=O) groups is 2. The molecule has 0 spiro atoms. The Bertz CT molecular complexity index is 1120. The van der Waals surface area contributed by atoms with Crippen LogP contribution < -0.4 is 10.1 Å². The summed E-state index contributed by atoms with van der Waals surface area (Å²) in [6, 6.07) is 14.2. The molecule has 0 saturated heterocycles. The lowest BCUT2D eigenvalue weighted by molar-refractivity contribution is -0.142. The van der Waals surface area contributed by atoms with E-state index < -0.39 is 24.5 Å². The molecule has 0 radical (unpaired) electrons. The van der Waals surface area contributed by atoms with Gasteiger partial charge in [-0.15, -0.1) is 0 Å². The van der Waals surface area contributed by atoms with E-state index >= 15 is 0 Å². The maximum atomic E-state index is 11.9. The van der Waals surface area contributed by atoms with E-state index in [9.17, 15) is 9.59 Å². The molecule has 1 aromatic heterocycles. The molecule has 0 aliphatic heterocycles. The van der Waals surface area contributed by atoms with Gasteiger partial charge in [-0.3, -0.25) is 4.79 Å². The molecule has 0 unspecified atom stereocenters. The van der Waals surface area contributed by atoms with Crippen LogP contribution in [0.3, 0.4) is 0 Å². The van der Waals surface area contributed by atoms with Crippen LogP contribution in [-0.4, -0.2) is 51.3 Å². The number of unbranched alkanes of at least 4 members (excludes halogenated alkanes) is 4. The van der Waals surface area contributed by atoms with Crippen LogP contribution >= 0.6 is 0 Å². The van der Waals surface area contributed by atoms with E-state index in [4.69, 9.17) is 14.9 Å². The van der Waals surface area contributed by atoms with Gasteiger partial charge in [-0.25, -0.2) is 14.8 Å². The van der Waals surface area contributed by atoms with Gasteiger partial charge in [0.25, 0.3) is 0 Å². The first kappa shape index (κ1) is 27.8. The number of benzene rings is 2. The first-order valence-corrected chi connectivity index (χ1v) is 12.8. The van der Waals surface area contributed by atoms with E-state index in [1.54, 1.807) is 12.4 Å². The number of rotatable bonds is 15. The van der Waals surface area contributed by atoms with E-state index in [1.807, 2.05) is 48.5 Å². The van der Waals surface area contributed by atoms with Crippen molar-refractivity contribution in [2.24, 2.45) is 0 Å². The first-order chi connectivity index (χ1) is 18.0. The van der Waals surface area contributed by atoms with E-state index in [2.05, 4.69) is 22.2 Å². The zero-order chi connectivity index (χ0) is 26.5. The monoisotopic (exact) mass is 505 g/mol. The van der Waals surface area contributed by atoms with Gasteiger partial charge in [-0.05, 0) is 36.1 Å². The number of ether oxygens (including phenoxy) is 1. The van der Waals surface area contributed by atoms with Crippen molar-refractivity contribution >= 4 is 11.9 Å². The number of nitrogens with one attached hydrogen (secondary N) is 1. The van der Waals surface area contributed by atoms with Crippen LogP contribution in [0.4, 0.5) is 0 Å². The number of amides is 1. The number of carboxylic acids is 1. The summed E-state index contributed by atoms with van der Waals surface area (Å²) in [4.78, 5) is 31.8. The smallest absolute Gasteiger partial charge is 0.328 e. The van der Waals surface area contributed by atoms with Crippen LogP contribution in [0.5, 0.6) is 5.75 Å². The Morgan fingerprint density at radius 1 is 0.892 bits per heavy atom. The molecule has 1 atom stereocenters. The summed E-state index contributed by atoms with van der Waals surface area (Å²) >= 11 is 0. The van der Waals surface area contributed by atoms with Crippen LogP contribution in [0.2, 0.25) is 0 Å². The number of aliphatic hydroxyl groups is 1. The summed E-state index contributed by atoms with van der Waals surface area (Å²) in [7, 11) is 0. The lowest BCUT2D eigenvalue weighted by atomic mass is 10.1. The summed E-state index contributed by atoms with van der Waals surface area (Å²) in [5, 5.41) is 20.2. The number of carboxylic acid groups (broad SMARTS) is 1. The number of aliphatic carboxylic acids is 1. The molecule has 3 rings (SSSR count). The van der Waals surface area contributed by atoms with Crippen LogP contribution in [0, 0.1) is 0 Å². The van der Waals surface area contributed by atoms with Crippen LogP contribution in [0.25, 0.3) is 22.5 Å². The van der Waals surface area contributed by atoms with E-state index in [0.717, 1.165) is 41.0 Å². The van der Waals surface area contributed by atoms with E-state index in [-0.39, 0.29) is 6.42 Å². The Balaban J connectivity index is 1.49. The van der Waals surface area contributed by atoms with Gasteiger partial charge < -0.3 is 20.3 Å². The highest BCUT2D eigenvalue weighted by Crippen LogP contribution is 2.23. The van der Waals surface area contributed by atoms with Gasteiger partial charge in [0.15, 0.2) is 5.82 Å². The lowest BCUT2D eigenvalue weighted by Crippen LogP contribution is -2.43. The number of carbonyl (C=O) groups excluding carboxylic acids is 1. The number of aryl methyl sites for hydroxylation is 1. The fraction of sp³-hybridized carbons (Fsp3) is 0.379. The highest BCUT2D eigenvalue weighted by molar-refractivity contribution is 5.83. The average molecular weight is 506 g/mol. The van der Waals surface area contributed by atoms with Crippen molar-refractivity contribution in [1.82, 2.24) is 15.3 Å². The first-order valence-electron chi connectivity index (χ1n) is 12.8. The Labute approximate surface area is 217 Å². The average Bonchev–Trinajstić information content (AvgIpc) is 2.93. The fourth-order valence-corrected chi connectivity index (χ4v) is 3.80. The summed E-state index contributed by atoms with van der Waals surface area (Å²) in [5.74, 6) is -0.222. The number of aliphatic hydroxyl groups excluding tert-OH is 1. The molecule has 1 heterocycles. The molecule has 0 bridgehead atoms. The lowest BCUT2D eigenvalue weighted by Gasteiger charge is -2.11. The van der Waals surface area contributed by atoms with Crippen LogP contribution in [0.15, 0.2) is 60.9 Å². The Morgan fingerprint density at radius 2 is 1.54 bits per heavy atom. The van der Waals surface area contributed by atoms with Gasteiger partial charge >= 0.3 is 5.97 Å². The van der Waals surface area contributed by atoms with Crippen LogP contribution in [0.1, 0.15) is 51.0 Å². The highest BCUT2D eigenvalue weighted by Gasteiger charge is 2.18. The maximum absolute atomic E-state index is 11.9. The largest absolute Gasteiger partial charge is 0.494 e. The molecule has 37 heavy (non-hydrogen) atoms. The maximum Gasteiger partial charge on any atom is 0.328 e. The molecule has 8 nitrogen and oxygen atoms in total. The van der Waals surface area contributed by atoms with E-state index in [0.29, 0.717) is 12.2 Å². The molecule has 3 aromatic rings. The van der Waals surface area contributed by atoms with Crippen LogP contribution in [-0.2, 0) is 16.0 Å². The number of aromatic nitrogens is 2. The van der Waals surface area contributed by atoms with Crippen molar-refractivity contribution in [3.63, 3.8) is 0 Å². The van der Waals surface area contributed by atoms with Gasteiger partial charge in [0.2, 0.25) is 5.91 Å². The predicted molar refractivity (Wildman–Crippen MR) is 142 cm³/mol. The zero-order valence-corrected chi connectivity index (χ0v) is 21.2. The third-order valence-corrected chi connectivity index (χ3v) is 6.02. The molecule has 0 saturated carbocycles. The van der Waals surface area contributed by atoms with Gasteiger partial charge in [0.1, 0.15) is 11.8 Å². The van der Waals surface area contributed by atoms with Gasteiger partial charge in [0, 0.05) is 29.9 Å². The van der Waals surface area contributed by atoms with Crippen molar-refractivity contribution in [1.29, 1.82) is 0 Å². The quantitative estimate of drug-likeness (QED) is 0.257. The number of hydrogen-bond donors (Lipinski definition) is 3. The van der Waals surface area contributed by atoms with Crippen molar-refractivity contribution in [3.05, 3.63) is 66.5 Å². The van der Waals surface area contributed by atoms with Crippen molar-refractivity contribution < 1.29 is 24.5 Å². The van der Waals surface area contributed by atoms with Crippen molar-refractivity contribution in [3.8, 4) is 28.3 Å². The topological polar surface area (TPSA) is 122 Å². The molecule has 2 aromatic carbocycles. The normalized spacial score (nSPS) is 11.6. The number of hydrogen-bond acceptors (Lipinski definition) is 6. The Morgan fingerprint density at radius 3 is 2.16 bits per heavy atom. The minimum atomic E-state index is -1.29. The predicted octanol–water partition coefficient (Wildman–Crippen LogP) is 4.65. The third kappa shape index (κ3) is 8.99. The van der Waals surface area contributed by atoms with Crippen molar-refractivity contribution in [2.75, 3.05) is 13.2 Å². The second-order valence-electron chi connectivity index (χ2n) is 8.92. The zero-order valence-electron chi connectivity index (χ0n) is 21.2. The minimum Gasteiger partial charge on any atom is -0.494 e. The Hall–Kier alpha value is -3.78. The summed E-state index contributed by atoms with van der Waals surface area (Å²) in [6.07, 6.45) is 10.2. The molecule has 3 N–H and O–H groups in total. The SMILES string of the molecule is CCCCCCCOc1ccc(-c2cnc(-c3ccc(CCC(=O)N[C@@H](CO)C(=O)O)cc3)nc2)cc1. The second kappa shape index (κ2) is 14.7. The van der Waals surface area contributed by atoms with Crippen molar-refractivity contribution in [2.45, 2.75) is 57.9 Å². The number of nitrogens with zero attached hydrogens (tertiary/aromatic N) is 2. The Kier molecular flexibility index (Phi) is 11.0. The third-order valence-electron chi connectivity index (χ3n) is 6.02. The van der Waals surface area contributed by atoms with Gasteiger partial charge in [-0.1, -0.05) is 69.0 Å². The molecule has 0 fully saturated rings. The second-order valence-corrected chi connectivity index (χ2v) is 8.92. The molecule has 8 heteroatoms. The highest BCUT2D eigenvalue weighted by atomic mass is 16.5. The molecule has 196 valence electrons. The van der Waals surface area contributed by atoms with Gasteiger partial charge in [0.05, 0.1) is 13.2 Å². The molecule has 0 aliphatic carbocycles.